The van der Waals surface area contributed by atoms with Gasteiger partial charge in [-0.1, -0.05) is 47.5 Å². The molecule has 0 aliphatic heterocycles. The van der Waals surface area contributed by atoms with Crippen LogP contribution in [0.3, 0.4) is 0 Å². The molecule has 0 aliphatic carbocycles. The van der Waals surface area contributed by atoms with E-state index < -0.39 is 5.60 Å². The van der Waals surface area contributed by atoms with Crippen molar-refractivity contribution in [3.8, 4) is 0 Å². The topological polar surface area (TPSA) is 20.2 Å². The molecule has 0 aliphatic rings. The minimum atomic E-state index is -0.482. The molecule has 0 saturated carbocycles. The molecule has 0 aromatic rings. The summed E-state index contributed by atoms with van der Waals surface area (Å²) in [5.74, 6) is 0.621. The molecular weight excluding hydrogens is 172 g/mol. The molecule has 0 amide bonds. The first-order chi connectivity index (χ1) is 6.21. The molecule has 1 unspecified atom stereocenters. The van der Waals surface area contributed by atoms with E-state index in [0.717, 1.165) is 25.7 Å². The van der Waals surface area contributed by atoms with Gasteiger partial charge in [0.25, 0.3) is 0 Å². The van der Waals surface area contributed by atoms with Crippen molar-refractivity contribution in [2.24, 2.45) is 11.3 Å². The quantitative estimate of drug-likeness (QED) is 0.687. The molecule has 0 fully saturated rings. The second kappa shape index (κ2) is 5.16. The molecule has 86 valence electrons. The maximum atomic E-state index is 10.2. The first-order valence-electron chi connectivity index (χ1n) is 5.93. The number of hydrogen-bond acceptors (Lipinski definition) is 1. The number of aliphatic hydroxyl groups is 1. The van der Waals surface area contributed by atoms with Crippen molar-refractivity contribution >= 4 is 0 Å². The van der Waals surface area contributed by atoms with Crippen LogP contribution < -0.4 is 0 Å². The van der Waals surface area contributed by atoms with Crippen molar-refractivity contribution in [3.63, 3.8) is 0 Å². The van der Waals surface area contributed by atoms with E-state index in [4.69, 9.17) is 0 Å². The van der Waals surface area contributed by atoms with Crippen LogP contribution in [0.1, 0.15) is 67.2 Å². The van der Waals surface area contributed by atoms with Crippen molar-refractivity contribution in [2.75, 3.05) is 0 Å². The number of hydrogen-bond donors (Lipinski definition) is 1. The molecule has 1 nitrogen and oxygen atoms in total. The van der Waals surface area contributed by atoms with Gasteiger partial charge in [-0.2, -0.15) is 0 Å². The van der Waals surface area contributed by atoms with Crippen LogP contribution in [0.4, 0.5) is 0 Å². The van der Waals surface area contributed by atoms with E-state index in [1.54, 1.807) is 0 Å². The second-order valence-electron chi connectivity index (χ2n) is 5.92. The summed E-state index contributed by atoms with van der Waals surface area (Å²) in [6, 6.07) is 0. The molecule has 0 saturated heterocycles. The van der Waals surface area contributed by atoms with Crippen molar-refractivity contribution in [3.05, 3.63) is 0 Å². The Morgan fingerprint density at radius 3 is 2.00 bits per heavy atom. The van der Waals surface area contributed by atoms with Gasteiger partial charge in [-0.3, -0.25) is 0 Å². The van der Waals surface area contributed by atoms with Crippen molar-refractivity contribution in [2.45, 2.75) is 72.8 Å². The fourth-order valence-corrected chi connectivity index (χ4v) is 1.83. The lowest BCUT2D eigenvalue weighted by Crippen LogP contribution is -2.34. The Balaban J connectivity index is 4.19. The van der Waals surface area contributed by atoms with E-state index in [0.29, 0.717) is 5.92 Å². The van der Waals surface area contributed by atoms with Crippen LogP contribution in [-0.4, -0.2) is 10.7 Å². The molecule has 0 heterocycles. The van der Waals surface area contributed by atoms with E-state index in [1.165, 1.54) is 0 Å². The molecule has 0 aromatic carbocycles. The molecular formula is C13H28O. The van der Waals surface area contributed by atoms with E-state index in [1.807, 2.05) is 6.92 Å². The van der Waals surface area contributed by atoms with Gasteiger partial charge in [-0.25, -0.2) is 0 Å². The van der Waals surface area contributed by atoms with Crippen LogP contribution in [0.15, 0.2) is 0 Å². The summed E-state index contributed by atoms with van der Waals surface area (Å²) in [7, 11) is 0. The molecule has 1 atom stereocenters. The number of rotatable bonds is 6. The molecule has 0 bridgehead atoms. The Labute approximate surface area is 89.9 Å². The Morgan fingerprint density at radius 2 is 1.64 bits per heavy atom. The van der Waals surface area contributed by atoms with E-state index in [2.05, 4.69) is 34.6 Å². The lowest BCUT2D eigenvalue weighted by molar-refractivity contribution is -0.00727. The lowest BCUT2D eigenvalue weighted by Gasteiger charge is -2.37. The fourth-order valence-electron chi connectivity index (χ4n) is 1.83. The van der Waals surface area contributed by atoms with Crippen LogP contribution >= 0.6 is 0 Å². The maximum absolute atomic E-state index is 10.2. The highest BCUT2D eigenvalue weighted by molar-refractivity contribution is 4.83. The number of unbranched alkanes of at least 4 members (excludes halogenated alkanes) is 1. The van der Waals surface area contributed by atoms with Gasteiger partial charge in [0, 0.05) is 0 Å². The zero-order valence-corrected chi connectivity index (χ0v) is 10.9. The second-order valence-corrected chi connectivity index (χ2v) is 5.92. The zero-order valence-electron chi connectivity index (χ0n) is 10.9. The largest absolute Gasteiger partial charge is 0.390 e. The van der Waals surface area contributed by atoms with Gasteiger partial charge in [0.15, 0.2) is 0 Å². The fraction of sp³-hybridized carbons (Fsp3) is 1.00. The Hall–Kier alpha value is -0.0400. The highest BCUT2D eigenvalue weighted by Crippen LogP contribution is 2.36. The van der Waals surface area contributed by atoms with Gasteiger partial charge in [-0.15, -0.1) is 0 Å². The van der Waals surface area contributed by atoms with Crippen molar-refractivity contribution < 1.29 is 5.11 Å². The van der Waals surface area contributed by atoms with Crippen molar-refractivity contribution in [1.29, 1.82) is 0 Å². The Kier molecular flexibility index (Phi) is 5.14. The zero-order chi connectivity index (χ0) is 11.4. The molecule has 0 spiro atoms. The third-order valence-corrected chi connectivity index (χ3v) is 3.47. The van der Waals surface area contributed by atoms with Crippen LogP contribution in [0.5, 0.6) is 0 Å². The standard InChI is InChI=1S/C13H28O/c1-7-8-9-13(6,14)10-12(4,5)11(2)3/h11,14H,7-10H2,1-6H3. The highest BCUT2D eigenvalue weighted by Gasteiger charge is 2.32. The molecule has 1 N–H and O–H groups in total. The predicted molar refractivity (Wildman–Crippen MR) is 63.4 cm³/mol. The van der Waals surface area contributed by atoms with Gasteiger partial charge in [-0.05, 0) is 31.1 Å². The van der Waals surface area contributed by atoms with Gasteiger partial charge >= 0.3 is 0 Å². The lowest BCUT2D eigenvalue weighted by atomic mass is 9.72. The third-order valence-electron chi connectivity index (χ3n) is 3.47. The summed E-state index contributed by atoms with van der Waals surface area (Å²) in [5, 5.41) is 10.2. The summed E-state index contributed by atoms with van der Waals surface area (Å²) < 4.78 is 0. The SMILES string of the molecule is CCCCC(C)(O)CC(C)(C)C(C)C. The molecule has 0 radical (unpaired) electrons. The van der Waals surface area contributed by atoms with Crippen molar-refractivity contribution in [1.82, 2.24) is 0 Å². The first kappa shape index (κ1) is 14.0. The average molecular weight is 200 g/mol. The van der Waals surface area contributed by atoms with Crippen LogP contribution in [-0.2, 0) is 0 Å². The minimum absolute atomic E-state index is 0.233. The minimum Gasteiger partial charge on any atom is -0.390 e. The Morgan fingerprint density at radius 1 is 1.14 bits per heavy atom. The summed E-state index contributed by atoms with van der Waals surface area (Å²) >= 11 is 0. The molecule has 0 aromatic heterocycles. The van der Waals surface area contributed by atoms with E-state index in [-0.39, 0.29) is 5.41 Å². The summed E-state index contributed by atoms with van der Waals surface area (Å²) in [6.07, 6.45) is 4.12. The molecule has 0 rings (SSSR count). The van der Waals surface area contributed by atoms with Crippen LogP contribution in [0.2, 0.25) is 0 Å². The van der Waals surface area contributed by atoms with Crippen LogP contribution in [0, 0.1) is 11.3 Å². The van der Waals surface area contributed by atoms with Crippen LogP contribution in [0.25, 0.3) is 0 Å². The van der Waals surface area contributed by atoms with E-state index in [9.17, 15) is 5.11 Å². The maximum Gasteiger partial charge on any atom is 0.0625 e. The monoisotopic (exact) mass is 200 g/mol. The van der Waals surface area contributed by atoms with Gasteiger partial charge < -0.3 is 5.11 Å². The summed E-state index contributed by atoms with van der Waals surface area (Å²) in [4.78, 5) is 0. The highest BCUT2D eigenvalue weighted by atomic mass is 16.3. The molecule has 14 heavy (non-hydrogen) atoms. The first-order valence-corrected chi connectivity index (χ1v) is 5.93. The summed E-state index contributed by atoms with van der Waals surface area (Å²) in [5.41, 5.74) is -0.249. The Bertz CT molecular complexity index is 157. The predicted octanol–water partition coefficient (Wildman–Crippen LogP) is 4.00. The molecule has 1 heteroatoms. The normalized spacial score (nSPS) is 17.1. The van der Waals surface area contributed by atoms with Gasteiger partial charge in [0.2, 0.25) is 0 Å². The third kappa shape index (κ3) is 4.99. The summed E-state index contributed by atoms with van der Waals surface area (Å²) in [6.45, 7) is 13.1. The average Bonchev–Trinajstić information content (AvgIpc) is 1.99. The smallest absolute Gasteiger partial charge is 0.0625 e. The van der Waals surface area contributed by atoms with Gasteiger partial charge in [0.05, 0.1) is 5.60 Å². The van der Waals surface area contributed by atoms with Gasteiger partial charge in [0.1, 0.15) is 0 Å². The van der Waals surface area contributed by atoms with E-state index >= 15 is 0 Å².